The van der Waals surface area contributed by atoms with Crippen LogP contribution in [0.25, 0.3) is 0 Å². The monoisotopic (exact) mass is 528 g/mol. The molecule has 1 unspecified atom stereocenters. The van der Waals surface area contributed by atoms with Gasteiger partial charge in [-0.3, -0.25) is 9.59 Å². The van der Waals surface area contributed by atoms with Crippen molar-refractivity contribution in [3.8, 4) is 0 Å². The van der Waals surface area contributed by atoms with Crippen LogP contribution in [0, 0.1) is 16.7 Å². The fraction of sp³-hybridized carbons (Fsp3) is 0.552. The first kappa shape index (κ1) is 28.2. The largest absolute Gasteiger partial charge is 0.461 e. The molecule has 0 amide bonds. The second-order valence-corrected chi connectivity index (χ2v) is 11.5. The van der Waals surface area contributed by atoms with Crippen LogP contribution in [0.5, 0.6) is 0 Å². The summed E-state index contributed by atoms with van der Waals surface area (Å²) in [6.07, 6.45) is -7.50. The Kier molecular flexibility index (Phi) is 6.98. The molecule has 1 aromatic carbocycles. The van der Waals surface area contributed by atoms with E-state index in [1.54, 1.807) is 25.1 Å². The first-order chi connectivity index (χ1) is 17.6. The second kappa shape index (κ2) is 9.41. The fourth-order valence-corrected chi connectivity index (χ4v) is 6.99. The van der Waals surface area contributed by atoms with Gasteiger partial charge in [0.05, 0.1) is 28.8 Å². The van der Waals surface area contributed by atoms with Crippen LogP contribution >= 0.6 is 0 Å². The summed E-state index contributed by atoms with van der Waals surface area (Å²) >= 11 is 0. The van der Waals surface area contributed by atoms with Crippen LogP contribution in [-0.4, -0.2) is 74.3 Å². The van der Waals surface area contributed by atoms with Crippen LogP contribution in [-0.2, 0) is 19.1 Å². The van der Waals surface area contributed by atoms with Crippen molar-refractivity contribution in [3.05, 3.63) is 59.2 Å². The number of carbonyl (C=O) groups excluding carboxylic acids is 3. The minimum Gasteiger partial charge on any atom is -0.461 e. The van der Waals surface area contributed by atoms with Crippen LogP contribution in [0.4, 0.5) is 0 Å². The number of aliphatic hydroxyl groups excluding tert-OH is 3. The minimum absolute atomic E-state index is 0.0808. The Morgan fingerprint density at radius 3 is 2.24 bits per heavy atom. The predicted octanol–water partition coefficient (Wildman–Crippen LogP) is 1.87. The van der Waals surface area contributed by atoms with Gasteiger partial charge in [0.2, 0.25) is 0 Å². The van der Waals surface area contributed by atoms with Gasteiger partial charge in [0.25, 0.3) is 0 Å². The molecule has 9 nitrogen and oxygen atoms in total. The normalized spacial score (nSPS) is 37.3. The number of Topliss-reactive ketones (excluding diaryl/α,β-unsaturated/α-hetero) is 1. The molecule has 2 saturated carbocycles. The molecule has 3 aliphatic carbocycles. The summed E-state index contributed by atoms with van der Waals surface area (Å²) in [5.74, 6) is -3.00. The zero-order valence-corrected chi connectivity index (χ0v) is 22.3. The van der Waals surface area contributed by atoms with E-state index in [0.29, 0.717) is 0 Å². The SMILES string of the molecule is C=C1C2[C@H](OC(C)=O)[C@]3(C(C)(C)O)CC(=O)C(C)=C3[C@@H](O)[C@H](OC(=O)c3ccccc3)[C@]2(C)[C@@H](O)C[C@@H]1O. The third kappa shape index (κ3) is 3.95. The third-order valence-corrected chi connectivity index (χ3v) is 9.02. The summed E-state index contributed by atoms with van der Waals surface area (Å²) in [7, 11) is 0. The van der Waals surface area contributed by atoms with Gasteiger partial charge in [-0.25, -0.2) is 4.79 Å². The molecule has 3 aliphatic rings. The van der Waals surface area contributed by atoms with Crippen LogP contribution in [0.3, 0.4) is 0 Å². The molecule has 4 N–H and O–H groups in total. The Balaban J connectivity index is 2.05. The number of carbonyl (C=O) groups is 3. The number of benzene rings is 1. The van der Waals surface area contributed by atoms with E-state index < -0.39 is 64.8 Å². The average Bonchev–Trinajstić information content (AvgIpc) is 3.08. The van der Waals surface area contributed by atoms with E-state index >= 15 is 0 Å². The van der Waals surface area contributed by atoms with E-state index in [1.165, 1.54) is 39.8 Å². The zero-order chi connectivity index (χ0) is 28.4. The lowest BCUT2D eigenvalue weighted by atomic mass is 9.54. The highest BCUT2D eigenvalue weighted by Crippen LogP contribution is 2.64. The van der Waals surface area contributed by atoms with Crippen molar-refractivity contribution in [2.45, 2.75) is 83.6 Å². The number of hydrogen-bond acceptors (Lipinski definition) is 9. The summed E-state index contributed by atoms with van der Waals surface area (Å²) < 4.78 is 11.8. The Morgan fingerprint density at radius 1 is 1.08 bits per heavy atom. The molecule has 0 saturated heterocycles. The van der Waals surface area contributed by atoms with Gasteiger partial charge in [-0.2, -0.15) is 0 Å². The molecule has 0 radical (unpaired) electrons. The van der Waals surface area contributed by atoms with E-state index in [0.717, 1.165) is 0 Å². The molecule has 9 heteroatoms. The first-order valence-corrected chi connectivity index (χ1v) is 12.7. The topological polar surface area (TPSA) is 151 Å². The summed E-state index contributed by atoms with van der Waals surface area (Å²) in [6.45, 7) is 11.2. The first-order valence-electron chi connectivity index (χ1n) is 12.7. The summed E-state index contributed by atoms with van der Waals surface area (Å²) in [4.78, 5) is 39.1. The highest BCUT2D eigenvalue weighted by Gasteiger charge is 2.72. The zero-order valence-electron chi connectivity index (χ0n) is 22.3. The van der Waals surface area contributed by atoms with E-state index in [9.17, 15) is 34.8 Å². The molecule has 4 rings (SSSR count). The van der Waals surface area contributed by atoms with Crippen molar-refractivity contribution in [1.82, 2.24) is 0 Å². The molecule has 0 heterocycles. The van der Waals surface area contributed by atoms with Crippen molar-refractivity contribution in [3.63, 3.8) is 0 Å². The Hall–Kier alpha value is -2.85. The number of ether oxygens (including phenoxy) is 2. The van der Waals surface area contributed by atoms with Gasteiger partial charge in [0.1, 0.15) is 18.3 Å². The van der Waals surface area contributed by atoms with Gasteiger partial charge in [-0.1, -0.05) is 31.7 Å². The second-order valence-electron chi connectivity index (χ2n) is 11.5. The van der Waals surface area contributed by atoms with Gasteiger partial charge in [-0.05, 0) is 49.6 Å². The number of rotatable bonds is 4. The number of aliphatic hydroxyl groups is 4. The molecule has 206 valence electrons. The van der Waals surface area contributed by atoms with Crippen LogP contribution in [0.15, 0.2) is 53.6 Å². The third-order valence-electron chi connectivity index (χ3n) is 9.02. The maximum Gasteiger partial charge on any atom is 0.338 e. The van der Waals surface area contributed by atoms with E-state index in [4.69, 9.17) is 9.47 Å². The Bertz CT molecular complexity index is 1200. The number of hydrogen-bond donors (Lipinski definition) is 4. The molecule has 8 atom stereocenters. The number of ketones is 1. The highest BCUT2D eigenvalue weighted by molar-refractivity contribution is 6.00. The molecular weight excluding hydrogens is 492 g/mol. The number of fused-ring (bicyclic) bond motifs is 2. The Morgan fingerprint density at radius 2 is 1.68 bits per heavy atom. The molecule has 0 spiro atoms. The van der Waals surface area contributed by atoms with Crippen molar-refractivity contribution in [2.75, 3.05) is 0 Å². The Labute approximate surface area is 221 Å². The quantitative estimate of drug-likeness (QED) is 0.339. The van der Waals surface area contributed by atoms with Gasteiger partial charge >= 0.3 is 11.9 Å². The number of esters is 2. The van der Waals surface area contributed by atoms with Crippen LogP contribution in [0.2, 0.25) is 0 Å². The standard InChI is InChI=1S/C29H36O9/c1-14-18(31)12-20(33)28(6)22(14)24(37-16(3)30)29(27(4,5)36)13-19(32)15(2)21(29)23(34)25(28)38-26(35)17-10-8-7-9-11-17/h7-11,18,20,22-25,31,33-34,36H,1,12-13H2,2-6H3/t18-,20-,22?,23+,24-,25-,28+,29-/m0/s1. The van der Waals surface area contributed by atoms with Gasteiger partial charge < -0.3 is 29.9 Å². The summed E-state index contributed by atoms with van der Waals surface area (Å²) in [6, 6.07) is 8.10. The molecule has 0 aromatic heterocycles. The average molecular weight is 529 g/mol. The molecular formula is C29H36O9. The van der Waals surface area contributed by atoms with Gasteiger partial charge in [-0.15, -0.1) is 0 Å². The molecule has 38 heavy (non-hydrogen) atoms. The minimum atomic E-state index is -1.75. The maximum atomic E-state index is 13.3. The van der Waals surface area contributed by atoms with Gasteiger partial charge in [0.15, 0.2) is 5.78 Å². The van der Waals surface area contributed by atoms with Crippen molar-refractivity contribution in [1.29, 1.82) is 0 Å². The fourth-order valence-electron chi connectivity index (χ4n) is 6.99. The summed E-state index contributed by atoms with van der Waals surface area (Å²) in [5, 5.41) is 46.0. The highest BCUT2D eigenvalue weighted by atomic mass is 16.6. The van der Waals surface area contributed by atoms with Crippen molar-refractivity contribution in [2.24, 2.45) is 16.7 Å². The maximum absolute atomic E-state index is 13.3. The van der Waals surface area contributed by atoms with Crippen LogP contribution < -0.4 is 0 Å². The predicted molar refractivity (Wildman–Crippen MR) is 136 cm³/mol. The van der Waals surface area contributed by atoms with E-state index in [2.05, 4.69) is 6.58 Å². The lowest BCUT2D eigenvalue weighted by Crippen LogP contribution is -2.63. The molecule has 2 fully saturated rings. The van der Waals surface area contributed by atoms with E-state index in [1.807, 2.05) is 0 Å². The van der Waals surface area contributed by atoms with Crippen LogP contribution in [0.1, 0.15) is 57.8 Å². The smallest absolute Gasteiger partial charge is 0.338 e. The molecule has 0 bridgehead atoms. The lowest BCUT2D eigenvalue weighted by Gasteiger charge is -2.55. The molecule has 1 aromatic rings. The summed E-state index contributed by atoms with van der Waals surface area (Å²) in [5.41, 5.74) is -4.34. The van der Waals surface area contributed by atoms with E-state index in [-0.39, 0.29) is 40.9 Å². The number of allylic oxidation sites excluding steroid dienone is 1. The van der Waals surface area contributed by atoms with Crippen molar-refractivity contribution >= 4 is 17.7 Å². The van der Waals surface area contributed by atoms with Crippen molar-refractivity contribution < 1.29 is 44.3 Å². The molecule has 0 aliphatic heterocycles. The van der Waals surface area contributed by atoms with Gasteiger partial charge in [0, 0.05) is 31.1 Å². The lowest BCUT2D eigenvalue weighted by molar-refractivity contribution is -0.197.